The molecular weight excluding hydrogens is 292 g/mol. The first-order valence-corrected chi connectivity index (χ1v) is 7.51. The third-order valence-corrected chi connectivity index (χ3v) is 4.61. The summed E-state index contributed by atoms with van der Waals surface area (Å²) in [6.07, 6.45) is 0. The fraction of sp³-hybridized carbons (Fsp3) is 0.462. The summed E-state index contributed by atoms with van der Waals surface area (Å²) in [6.45, 7) is 5.38. The first-order chi connectivity index (χ1) is 9.84. The molecule has 0 atom stereocenters. The van der Waals surface area contributed by atoms with Gasteiger partial charge in [0.15, 0.2) is 0 Å². The van der Waals surface area contributed by atoms with Crippen LogP contribution in [0.4, 0.5) is 11.4 Å². The molecule has 0 aliphatic carbocycles. The van der Waals surface area contributed by atoms with Crippen LogP contribution in [-0.2, 0) is 0 Å². The van der Waals surface area contributed by atoms with Crippen LogP contribution in [0.25, 0.3) is 0 Å². The summed E-state index contributed by atoms with van der Waals surface area (Å²) in [7, 11) is 0. The fourth-order valence-corrected chi connectivity index (χ4v) is 3.42. The highest BCUT2D eigenvalue weighted by Crippen LogP contribution is 2.31. The number of nitrogen functional groups attached to an aromatic ring is 1. The second-order valence-electron chi connectivity index (χ2n) is 5.47. The van der Waals surface area contributed by atoms with Crippen molar-refractivity contribution in [1.82, 2.24) is 4.90 Å². The molecule has 1 saturated heterocycles. The molecule has 2 rings (SSSR count). The van der Waals surface area contributed by atoms with Gasteiger partial charge >= 0.3 is 0 Å². The number of nitrogens with one attached hydrogen (secondary N) is 1. The van der Waals surface area contributed by atoms with Crippen LogP contribution in [0.2, 0.25) is 0 Å². The van der Waals surface area contributed by atoms with Gasteiger partial charge in [0.2, 0.25) is 0 Å². The minimum Gasteiger partial charge on any atom is -0.336 e. The van der Waals surface area contributed by atoms with Crippen LogP contribution < -0.4 is 11.3 Å². The Labute approximate surface area is 127 Å². The van der Waals surface area contributed by atoms with E-state index >= 15 is 0 Å². The zero-order chi connectivity index (χ0) is 15.6. The smallest absolute Gasteiger partial charge is 0.270 e. The topological polar surface area (TPSA) is 102 Å². The van der Waals surface area contributed by atoms with Gasteiger partial charge in [-0.3, -0.25) is 20.8 Å². The van der Waals surface area contributed by atoms with E-state index in [1.165, 1.54) is 18.2 Å². The lowest BCUT2D eigenvalue weighted by atomic mass is 10.1. The van der Waals surface area contributed by atoms with E-state index in [1.807, 2.05) is 11.8 Å². The van der Waals surface area contributed by atoms with Crippen molar-refractivity contribution in [3.05, 3.63) is 33.9 Å². The number of nitro groups is 1. The van der Waals surface area contributed by atoms with E-state index in [0.717, 1.165) is 5.75 Å². The number of anilines is 1. The molecular formula is C13H18N4O3S. The van der Waals surface area contributed by atoms with Crippen LogP contribution in [0.3, 0.4) is 0 Å². The molecule has 1 aromatic carbocycles. The molecule has 0 spiro atoms. The summed E-state index contributed by atoms with van der Waals surface area (Å²) in [4.78, 5) is 24.7. The van der Waals surface area contributed by atoms with Crippen molar-refractivity contribution >= 4 is 29.0 Å². The Morgan fingerprint density at radius 2 is 2.24 bits per heavy atom. The lowest BCUT2D eigenvalue weighted by Crippen LogP contribution is -2.46. The van der Waals surface area contributed by atoms with Crippen molar-refractivity contribution < 1.29 is 9.72 Å². The number of hydrogen-bond acceptors (Lipinski definition) is 6. The number of carbonyl (C=O) groups is 1. The van der Waals surface area contributed by atoms with Crippen molar-refractivity contribution in [1.29, 1.82) is 0 Å². The highest BCUT2D eigenvalue weighted by molar-refractivity contribution is 8.00. The Hall–Kier alpha value is -1.80. The number of nitro benzene ring substituents is 1. The Morgan fingerprint density at radius 1 is 1.52 bits per heavy atom. The molecule has 1 heterocycles. The van der Waals surface area contributed by atoms with Crippen LogP contribution >= 0.6 is 11.8 Å². The van der Waals surface area contributed by atoms with E-state index in [0.29, 0.717) is 18.8 Å². The second-order valence-corrected chi connectivity index (χ2v) is 7.27. The SMILES string of the molecule is CC1(C)CN(C(=O)c2cc([N+](=O)[O-])ccc2NN)CCS1. The van der Waals surface area contributed by atoms with E-state index in [4.69, 9.17) is 5.84 Å². The van der Waals surface area contributed by atoms with Crippen molar-refractivity contribution in [2.75, 3.05) is 24.3 Å². The maximum atomic E-state index is 12.6. The summed E-state index contributed by atoms with van der Waals surface area (Å²) in [5, 5.41) is 10.9. The second kappa shape index (κ2) is 5.90. The molecule has 0 saturated carbocycles. The number of thioether (sulfide) groups is 1. The van der Waals surface area contributed by atoms with Crippen LogP contribution in [0.15, 0.2) is 18.2 Å². The molecule has 3 N–H and O–H groups in total. The minimum atomic E-state index is -0.521. The summed E-state index contributed by atoms with van der Waals surface area (Å²) < 4.78 is -0.0229. The van der Waals surface area contributed by atoms with Crippen molar-refractivity contribution in [3.8, 4) is 0 Å². The van der Waals surface area contributed by atoms with E-state index in [9.17, 15) is 14.9 Å². The van der Waals surface area contributed by atoms with Gasteiger partial charge in [-0.15, -0.1) is 0 Å². The van der Waals surface area contributed by atoms with E-state index in [-0.39, 0.29) is 21.9 Å². The van der Waals surface area contributed by atoms with Crippen LogP contribution in [0, 0.1) is 10.1 Å². The normalized spacial score (nSPS) is 17.4. The van der Waals surface area contributed by atoms with Gasteiger partial charge < -0.3 is 10.3 Å². The predicted molar refractivity (Wildman–Crippen MR) is 83.3 cm³/mol. The Balaban J connectivity index is 2.33. The number of rotatable bonds is 3. The molecule has 21 heavy (non-hydrogen) atoms. The Bertz CT molecular complexity index is 577. The zero-order valence-electron chi connectivity index (χ0n) is 12.0. The molecule has 0 aromatic heterocycles. The number of carbonyl (C=O) groups excluding carboxylic acids is 1. The van der Waals surface area contributed by atoms with E-state index < -0.39 is 4.92 Å². The molecule has 7 nitrogen and oxygen atoms in total. The number of hydrogen-bond donors (Lipinski definition) is 2. The summed E-state index contributed by atoms with van der Waals surface area (Å²) >= 11 is 1.81. The highest BCUT2D eigenvalue weighted by atomic mass is 32.2. The van der Waals surface area contributed by atoms with Crippen LogP contribution in [0.1, 0.15) is 24.2 Å². The van der Waals surface area contributed by atoms with Gasteiger partial charge in [-0.05, 0) is 19.9 Å². The molecule has 8 heteroatoms. The van der Waals surface area contributed by atoms with Gasteiger partial charge in [0.25, 0.3) is 11.6 Å². The molecule has 1 aromatic rings. The molecule has 114 valence electrons. The fourth-order valence-electron chi connectivity index (χ4n) is 2.31. The largest absolute Gasteiger partial charge is 0.336 e. The molecule has 0 unspecified atom stereocenters. The van der Waals surface area contributed by atoms with Crippen molar-refractivity contribution in [2.24, 2.45) is 5.84 Å². The molecule has 0 radical (unpaired) electrons. The third kappa shape index (κ3) is 3.45. The lowest BCUT2D eigenvalue weighted by molar-refractivity contribution is -0.384. The summed E-state index contributed by atoms with van der Waals surface area (Å²) in [5.74, 6) is 6.01. The van der Waals surface area contributed by atoms with E-state index in [1.54, 1.807) is 4.90 Å². The molecule has 0 bridgehead atoms. The van der Waals surface area contributed by atoms with Gasteiger partial charge in [0, 0.05) is 35.7 Å². The van der Waals surface area contributed by atoms with Crippen molar-refractivity contribution in [2.45, 2.75) is 18.6 Å². The third-order valence-electron chi connectivity index (χ3n) is 3.31. The molecule has 1 aliphatic heterocycles. The molecule has 1 fully saturated rings. The number of non-ortho nitro benzene ring substituents is 1. The Kier molecular flexibility index (Phi) is 4.38. The number of benzene rings is 1. The lowest BCUT2D eigenvalue weighted by Gasteiger charge is -2.37. The predicted octanol–water partition coefficient (Wildman–Crippen LogP) is 1.85. The first-order valence-electron chi connectivity index (χ1n) is 6.52. The van der Waals surface area contributed by atoms with Gasteiger partial charge in [-0.25, -0.2) is 0 Å². The standard InChI is InChI=1S/C13H18N4O3S/c1-13(2)8-16(5-6-21-13)12(18)10-7-9(17(19)20)3-4-11(10)15-14/h3-4,7,15H,5-6,8,14H2,1-2H3. The summed E-state index contributed by atoms with van der Waals surface area (Å²) in [6, 6.07) is 4.05. The minimum absolute atomic E-state index is 0.0229. The maximum Gasteiger partial charge on any atom is 0.270 e. The average Bonchev–Trinajstić information content (AvgIpc) is 2.44. The quantitative estimate of drug-likeness (QED) is 0.502. The van der Waals surface area contributed by atoms with Gasteiger partial charge in [0.05, 0.1) is 16.2 Å². The number of nitrogens with zero attached hydrogens (tertiary/aromatic N) is 2. The van der Waals surface area contributed by atoms with Crippen molar-refractivity contribution in [3.63, 3.8) is 0 Å². The summed E-state index contributed by atoms with van der Waals surface area (Å²) in [5.41, 5.74) is 2.93. The zero-order valence-corrected chi connectivity index (χ0v) is 12.8. The average molecular weight is 310 g/mol. The number of nitrogens with two attached hydrogens (primary N) is 1. The monoisotopic (exact) mass is 310 g/mol. The number of hydrazine groups is 1. The first kappa shape index (κ1) is 15.6. The molecule has 1 aliphatic rings. The maximum absolute atomic E-state index is 12.6. The Morgan fingerprint density at radius 3 is 2.81 bits per heavy atom. The van der Waals surface area contributed by atoms with Crippen LogP contribution in [0.5, 0.6) is 0 Å². The number of amides is 1. The van der Waals surface area contributed by atoms with E-state index in [2.05, 4.69) is 19.3 Å². The van der Waals surface area contributed by atoms with Crippen LogP contribution in [-0.4, -0.2) is 39.3 Å². The van der Waals surface area contributed by atoms with Gasteiger partial charge in [-0.2, -0.15) is 11.8 Å². The van der Waals surface area contributed by atoms with Gasteiger partial charge in [-0.1, -0.05) is 0 Å². The molecule has 1 amide bonds. The highest BCUT2D eigenvalue weighted by Gasteiger charge is 2.31. The van der Waals surface area contributed by atoms with Gasteiger partial charge in [0.1, 0.15) is 0 Å².